The number of pyridine rings is 1. The molecule has 0 unspecified atom stereocenters. The molecule has 1 aromatic heterocycles. The first-order valence-corrected chi connectivity index (χ1v) is 5.66. The van der Waals surface area contributed by atoms with Crippen molar-refractivity contribution in [2.45, 2.75) is 26.8 Å². The van der Waals surface area contributed by atoms with E-state index in [9.17, 15) is 0 Å². The average molecular weight is 207 g/mol. The van der Waals surface area contributed by atoms with Crippen LogP contribution < -0.4 is 10.6 Å². The van der Waals surface area contributed by atoms with Crippen molar-refractivity contribution in [3.05, 3.63) is 29.6 Å². The number of hydrogen-bond donors (Lipinski definition) is 2. The number of nitrogens with zero attached hydrogens (tertiary/aromatic N) is 1. The van der Waals surface area contributed by atoms with Gasteiger partial charge < -0.3 is 10.6 Å². The van der Waals surface area contributed by atoms with Crippen LogP contribution in [-0.4, -0.2) is 24.6 Å². The van der Waals surface area contributed by atoms with Gasteiger partial charge in [-0.15, -0.1) is 0 Å². The van der Waals surface area contributed by atoms with Gasteiger partial charge in [0.2, 0.25) is 0 Å². The number of rotatable bonds is 7. The minimum atomic E-state index is 0.916. The second-order valence-electron chi connectivity index (χ2n) is 3.69. The van der Waals surface area contributed by atoms with Crippen LogP contribution in [0, 0.1) is 6.92 Å². The molecule has 0 saturated carbocycles. The van der Waals surface area contributed by atoms with Crippen LogP contribution in [0.3, 0.4) is 0 Å². The summed E-state index contributed by atoms with van der Waals surface area (Å²) in [6.45, 7) is 8.26. The van der Waals surface area contributed by atoms with E-state index in [1.807, 2.05) is 13.1 Å². The highest BCUT2D eigenvalue weighted by atomic mass is 14.9. The number of hydrogen-bond acceptors (Lipinski definition) is 3. The third kappa shape index (κ3) is 5.50. The molecule has 0 spiro atoms. The number of aryl methyl sites for hydroxylation is 1. The van der Waals surface area contributed by atoms with Crippen molar-refractivity contribution in [2.24, 2.45) is 0 Å². The molecule has 0 aliphatic rings. The maximum Gasteiger partial charge on any atom is 0.0372 e. The molecular formula is C12H21N3. The number of nitrogens with one attached hydrogen (secondary N) is 2. The summed E-state index contributed by atoms with van der Waals surface area (Å²) in [5.41, 5.74) is 2.33. The average Bonchev–Trinajstić information content (AvgIpc) is 2.26. The Balaban J connectivity index is 2.07. The molecular weight excluding hydrogens is 186 g/mol. The summed E-state index contributed by atoms with van der Waals surface area (Å²) >= 11 is 0. The van der Waals surface area contributed by atoms with Crippen molar-refractivity contribution in [3.8, 4) is 0 Å². The van der Waals surface area contributed by atoms with E-state index in [1.165, 1.54) is 12.0 Å². The minimum Gasteiger partial charge on any atom is -0.317 e. The molecule has 0 atom stereocenters. The Morgan fingerprint density at radius 3 is 2.67 bits per heavy atom. The van der Waals surface area contributed by atoms with Gasteiger partial charge in [-0.1, -0.05) is 13.0 Å². The summed E-state index contributed by atoms with van der Waals surface area (Å²) < 4.78 is 0. The van der Waals surface area contributed by atoms with Crippen LogP contribution in [0.1, 0.15) is 24.6 Å². The predicted octanol–water partition coefficient (Wildman–Crippen LogP) is 1.48. The van der Waals surface area contributed by atoms with Gasteiger partial charge in [-0.05, 0) is 44.6 Å². The predicted molar refractivity (Wildman–Crippen MR) is 63.8 cm³/mol. The monoisotopic (exact) mass is 207 g/mol. The van der Waals surface area contributed by atoms with E-state index in [-0.39, 0.29) is 0 Å². The van der Waals surface area contributed by atoms with Gasteiger partial charge in [-0.25, -0.2) is 0 Å². The minimum absolute atomic E-state index is 0.916. The molecule has 1 aromatic rings. The Kier molecular flexibility index (Phi) is 5.97. The summed E-state index contributed by atoms with van der Waals surface area (Å²) in [5, 5.41) is 6.70. The van der Waals surface area contributed by atoms with Crippen LogP contribution in [0.15, 0.2) is 18.3 Å². The van der Waals surface area contributed by atoms with Crippen LogP contribution >= 0.6 is 0 Å². The fraction of sp³-hybridized carbons (Fsp3) is 0.583. The van der Waals surface area contributed by atoms with Gasteiger partial charge in [0, 0.05) is 18.4 Å². The molecule has 0 aliphatic heterocycles. The molecule has 1 heterocycles. The zero-order chi connectivity index (χ0) is 10.9. The Hall–Kier alpha value is -0.930. The van der Waals surface area contributed by atoms with Crippen molar-refractivity contribution in [3.63, 3.8) is 0 Å². The maximum atomic E-state index is 4.26. The van der Waals surface area contributed by atoms with Crippen molar-refractivity contribution in [1.29, 1.82) is 0 Å². The Morgan fingerprint density at radius 2 is 2.00 bits per heavy atom. The lowest BCUT2D eigenvalue weighted by atomic mass is 10.2. The van der Waals surface area contributed by atoms with E-state index in [4.69, 9.17) is 0 Å². The van der Waals surface area contributed by atoms with Crippen molar-refractivity contribution < 1.29 is 0 Å². The van der Waals surface area contributed by atoms with E-state index in [0.29, 0.717) is 0 Å². The normalized spacial score (nSPS) is 10.5. The molecule has 0 radical (unpaired) electrons. The van der Waals surface area contributed by atoms with E-state index < -0.39 is 0 Å². The zero-order valence-electron chi connectivity index (χ0n) is 9.71. The Morgan fingerprint density at radius 1 is 1.20 bits per heavy atom. The molecule has 3 nitrogen and oxygen atoms in total. The molecule has 0 saturated heterocycles. The van der Waals surface area contributed by atoms with Crippen molar-refractivity contribution in [1.82, 2.24) is 15.6 Å². The Labute approximate surface area is 92.3 Å². The first-order valence-electron chi connectivity index (χ1n) is 5.66. The van der Waals surface area contributed by atoms with Gasteiger partial charge in [0.15, 0.2) is 0 Å². The summed E-state index contributed by atoms with van der Waals surface area (Å²) in [7, 11) is 0. The molecule has 0 bridgehead atoms. The maximum absolute atomic E-state index is 4.26. The molecule has 84 valence electrons. The molecule has 0 fully saturated rings. The summed E-state index contributed by atoms with van der Waals surface area (Å²) in [5.74, 6) is 0. The smallest absolute Gasteiger partial charge is 0.0372 e. The summed E-state index contributed by atoms with van der Waals surface area (Å²) in [4.78, 5) is 4.26. The van der Waals surface area contributed by atoms with Gasteiger partial charge in [0.05, 0.1) is 0 Å². The van der Waals surface area contributed by atoms with E-state index in [0.717, 1.165) is 31.9 Å². The van der Waals surface area contributed by atoms with E-state index in [2.05, 4.69) is 34.7 Å². The fourth-order valence-electron chi connectivity index (χ4n) is 1.35. The van der Waals surface area contributed by atoms with Crippen molar-refractivity contribution in [2.75, 3.05) is 19.6 Å². The van der Waals surface area contributed by atoms with Crippen LogP contribution in [0.2, 0.25) is 0 Å². The standard InChI is InChI=1S/C12H21N3/c1-3-13-7-4-8-14-9-12-6-5-11(2)15-10-12/h5-6,10,13-14H,3-4,7-9H2,1-2H3. The molecule has 0 aliphatic carbocycles. The number of aromatic nitrogens is 1. The molecule has 3 heteroatoms. The highest BCUT2D eigenvalue weighted by Gasteiger charge is 1.92. The second-order valence-corrected chi connectivity index (χ2v) is 3.69. The third-order valence-corrected chi connectivity index (χ3v) is 2.26. The highest BCUT2D eigenvalue weighted by molar-refractivity contribution is 5.12. The quantitative estimate of drug-likeness (QED) is 0.665. The van der Waals surface area contributed by atoms with Gasteiger partial charge in [-0.3, -0.25) is 4.98 Å². The van der Waals surface area contributed by atoms with Gasteiger partial charge in [0.1, 0.15) is 0 Å². The summed E-state index contributed by atoms with van der Waals surface area (Å²) in [6.07, 6.45) is 3.11. The molecule has 2 N–H and O–H groups in total. The SMILES string of the molecule is CCNCCCNCc1ccc(C)nc1. The van der Waals surface area contributed by atoms with Gasteiger partial charge in [0.25, 0.3) is 0 Å². The third-order valence-electron chi connectivity index (χ3n) is 2.26. The van der Waals surface area contributed by atoms with Crippen LogP contribution in [0.5, 0.6) is 0 Å². The Bertz CT molecular complexity index is 256. The molecule has 1 rings (SSSR count). The molecule has 0 aromatic carbocycles. The van der Waals surface area contributed by atoms with Gasteiger partial charge in [-0.2, -0.15) is 0 Å². The van der Waals surface area contributed by atoms with E-state index in [1.54, 1.807) is 0 Å². The topological polar surface area (TPSA) is 37.0 Å². The lowest BCUT2D eigenvalue weighted by Gasteiger charge is -2.05. The second kappa shape index (κ2) is 7.37. The highest BCUT2D eigenvalue weighted by Crippen LogP contribution is 1.98. The fourth-order valence-corrected chi connectivity index (χ4v) is 1.35. The summed E-state index contributed by atoms with van der Waals surface area (Å²) in [6, 6.07) is 4.18. The largest absolute Gasteiger partial charge is 0.317 e. The molecule has 0 amide bonds. The van der Waals surface area contributed by atoms with Crippen LogP contribution in [0.25, 0.3) is 0 Å². The van der Waals surface area contributed by atoms with Crippen LogP contribution in [0.4, 0.5) is 0 Å². The lowest BCUT2D eigenvalue weighted by molar-refractivity contribution is 0.605. The van der Waals surface area contributed by atoms with Crippen LogP contribution in [-0.2, 0) is 6.54 Å². The first kappa shape index (κ1) is 12.1. The lowest BCUT2D eigenvalue weighted by Crippen LogP contribution is -2.21. The van der Waals surface area contributed by atoms with E-state index >= 15 is 0 Å². The van der Waals surface area contributed by atoms with Crippen molar-refractivity contribution >= 4 is 0 Å². The molecule has 15 heavy (non-hydrogen) atoms. The first-order chi connectivity index (χ1) is 7.33. The van der Waals surface area contributed by atoms with Gasteiger partial charge >= 0.3 is 0 Å². The zero-order valence-corrected chi connectivity index (χ0v) is 9.71.